The maximum atomic E-state index is 14.1. The predicted molar refractivity (Wildman–Crippen MR) is 130 cm³/mol. The third-order valence-corrected chi connectivity index (χ3v) is 9.52. The SMILES string of the molecule is CCCCO[C@@]12CCC(=O)C3(Cc4ccccc4)Oc4c(O)ccc5c4[C@@]31CC[N+](C)(C)C2C5.[I-]. The van der Waals surface area contributed by atoms with Crippen molar-refractivity contribution in [2.24, 2.45) is 0 Å². The van der Waals surface area contributed by atoms with Crippen molar-refractivity contribution in [1.82, 2.24) is 0 Å². The molecule has 1 saturated heterocycles. The molecule has 2 aromatic carbocycles. The van der Waals surface area contributed by atoms with Gasteiger partial charge in [0.25, 0.3) is 0 Å². The number of benzene rings is 2. The van der Waals surface area contributed by atoms with Crippen LogP contribution in [0.2, 0.25) is 0 Å². The summed E-state index contributed by atoms with van der Waals surface area (Å²) < 4.78 is 14.8. The molecule has 0 radical (unpaired) electrons. The number of ether oxygens (including phenoxy) is 2. The number of nitrogens with zero attached hydrogens (tertiary/aromatic N) is 1. The van der Waals surface area contributed by atoms with E-state index in [-0.39, 0.29) is 41.6 Å². The second kappa shape index (κ2) is 8.45. The van der Waals surface area contributed by atoms with E-state index in [1.54, 1.807) is 6.07 Å². The van der Waals surface area contributed by atoms with Crippen molar-refractivity contribution in [3.05, 3.63) is 59.2 Å². The van der Waals surface area contributed by atoms with E-state index in [1.807, 2.05) is 18.2 Å². The minimum absolute atomic E-state index is 0. The maximum absolute atomic E-state index is 14.1. The Morgan fingerprint density at radius 1 is 1.14 bits per heavy atom. The van der Waals surface area contributed by atoms with Crippen LogP contribution in [0.4, 0.5) is 0 Å². The molecular weight excluding hydrogens is 553 g/mol. The minimum Gasteiger partial charge on any atom is -1.00 e. The van der Waals surface area contributed by atoms with E-state index >= 15 is 0 Å². The number of aromatic hydroxyl groups is 1. The first-order valence-electron chi connectivity index (χ1n) is 12.9. The van der Waals surface area contributed by atoms with Crippen molar-refractivity contribution in [3.8, 4) is 11.5 Å². The molecule has 188 valence electrons. The molecule has 1 saturated carbocycles. The lowest BCUT2D eigenvalue weighted by molar-refractivity contribution is -0.932. The van der Waals surface area contributed by atoms with Crippen LogP contribution in [0.15, 0.2) is 42.5 Å². The van der Waals surface area contributed by atoms with Gasteiger partial charge in [0.05, 0.1) is 26.1 Å². The lowest BCUT2D eigenvalue weighted by Crippen LogP contribution is -3.00. The molecule has 4 aliphatic rings. The van der Waals surface area contributed by atoms with Gasteiger partial charge in [-0.1, -0.05) is 49.7 Å². The number of phenolic OH excluding ortho intramolecular Hbond substituents is 1. The number of piperidine rings is 1. The van der Waals surface area contributed by atoms with E-state index in [4.69, 9.17) is 9.47 Å². The molecule has 6 rings (SSSR count). The highest BCUT2D eigenvalue weighted by Gasteiger charge is 2.82. The Balaban J connectivity index is 0.00000253. The number of unbranched alkanes of at least 4 members (excludes halogenated alkanes) is 1. The van der Waals surface area contributed by atoms with Gasteiger partial charge in [-0.25, -0.2) is 0 Å². The molecule has 4 atom stereocenters. The van der Waals surface area contributed by atoms with Crippen LogP contribution in [0.1, 0.15) is 55.7 Å². The molecule has 2 aromatic rings. The first kappa shape index (κ1) is 25.0. The summed E-state index contributed by atoms with van der Waals surface area (Å²) in [5, 5.41) is 11.0. The molecule has 5 nitrogen and oxygen atoms in total. The molecule has 6 heteroatoms. The fourth-order valence-electron chi connectivity index (χ4n) is 8.03. The van der Waals surface area contributed by atoms with Crippen molar-refractivity contribution in [3.63, 3.8) is 0 Å². The Hall–Kier alpha value is -1.64. The Morgan fingerprint density at radius 2 is 1.91 bits per heavy atom. The second-order valence-corrected chi connectivity index (χ2v) is 11.4. The fourth-order valence-corrected chi connectivity index (χ4v) is 8.03. The molecule has 2 aliphatic carbocycles. The summed E-state index contributed by atoms with van der Waals surface area (Å²) in [5.41, 5.74) is 1.20. The van der Waals surface area contributed by atoms with Crippen LogP contribution in [-0.2, 0) is 27.8 Å². The van der Waals surface area contributed by atoms with Crippen molar-refractivity contribution in [2.75, 3.05) is 27.2 Å². The zero-order chi connectivity index (χ0) is 23.8. The van der Waals surface area contributed by atoms with Gasteiger partial charge in [0.15, 0.2) is 22.9 Å². The summed E-state index contributed by atoms with van der Waals surface area (Å²) in [6.45, 7) is 3.83. The molecular formula is C29H36INO4. The summed E-state index contributed by atoms with van der Waals surface area (Å²) in [6.07, 6.45) is 5.42. The first-order chi connectivity index (χ1) is 16.3. The van der Waals surface area contributed by atoms with Crippen molar-refractivity contribution in [2.45, 2.75) is 74.5 Å². The summed E-state index contributed by atoms with van der Waals surface area (Å²) in [7, 11) is 4.64. The summed E-state index contributed by atoms with van der Waals surface area (Å²) in [6, 6.07) is 14.3. The van der Waals surface area contributed by atoms with E-state index in [0.717, 1.165) is 54.3 Å². The largest absolute Gasteiger partial charge is 1.00 e. The smallest absolute Gasteiger partial charge is 0.184 e. The standard InChI is InChI=1S/C29H35NO4.HI/c1-4-5-17-33-28-14-13-24(32)29(19-20-9-7-6-8-10-20)27(28)15-16-30(2,3)23(28)18-21-11-12-22(31)26(34-29)25(21)27;/h6-12,23H,4-5,13-19H2,1-3H3;1H/t23?,27-,28-,29?;/m1./s1. The fraction of sp³-hybridized carbons (Fsp3) is 0.552. The third kappa shape index (κ3) is 3.08. The number of ketones is 1. The molecule has 2 heterocycles. The average Bonchev–Trinajstić information content (AvgIpc) is 3.13. The number of Topliss-reactive ketones (excluding diaryl/α,β-unsaturated/α-hetero) is 1. The van der Waals surface area contributed by atoms with Gasteiger partial charge in [0.2, 0.25) is 0 Å². The van der Waals surface area contributed by atoms with E-state index in [9.17, 15) is 9.90 Å². The number of carbonyl (C=O) groups excluding carboxylic acids is 1. The summed E-state index contributed by atoms with van der Waals surface area (Å²) in [5.74, 6) is 0.821. The second-order valence-electron chi connectivity index (χ2n) is 11.4. The van der Waals surface area contributed by atoms with Gasteiger partial charge < -0.3 is 43.0 Å². The number of hydrogen-bond donors (Lipinski definition) is 1. The molecule has 2 unspecified atom stereocenters. The van der Waals surface area contributed by atoms with Crippen LogP contribution in [0.3, 0.4) is 0 Å². The van der Waals surface area contributed by atoms with Crippen LogP contribution in [0, 0.1) is 0 Å². The van der Waals surface area contributed by atoms with Gasteiger partial charge in [-0.05, 0) is 30.0 Å². The summed E-state index contributed by atoms with van der Waals surface area (Å²) in [4.78, 5) is 14.1. The molecule has 0 amide bonds. The van der Waals surface area contributed by atoms with Gasteiger partial charge in [-0.3, -0.25) is 4.79 Å². The maximum Gasteiger partial charge on any atom is 0.184 e. The first-order valence-corrected chi connectivity index (χ1v) is 12.9. The van der Waals surface area contributed by atoms with Gasteiger partial charge in [0.1, 0.15) is 11.6 Å². The van der Waals surface area contributed by atoms with E-state index in [1.165, 1.54) is 5.56 Å². The molecule has 1 spiro atoms. The number of rotatable bonds is 6. The Morgan fingerprint density at radius 3 is 2.66 bits per heavy atom. The zero-order valence-corrected chi connectivity index (χ0v) is 23.1. The van der Waals surface area contributed by atoms with E-state index < -0.39 is 16.6 Å². The number of carbonyl (C=O) groups is 1. The van der Waals surface area contributed by atoms with Gasteiger partial charge >= 0.3 is 0 Å². The minimum atomic E-state index is -1.06. The van der Waals surface area contributed by atoms with Crippen molar-refractivity contribution in [1.29, 1.82) is 0 Å². The quantitative estimate of drug-likeness (QED) is 0.314. The molecule has 2 bridgehead atoms. The van der Waals surface area contributed by atoms with Crippen molar-refractivity contribution < 1.29 is 47.8 Å². The van der Waals surface area contributed by atoms with E-state index in [0.29, 0.717) is 25.2 Å². The average molecular weight is 590 g/mol. The Labute approximate surface area is 225 Å². The van der Waals surface area contributed by atoms with Crippen LogP contribution in [0.25, 0.3) is 0 Å². The Kier molecular flexibility index (Phi) is 6.04. The topological polar surface area (TPSA) is 55.8 Å². The van der Waals surface area contributed by atoms with E-state index in [2.05, 4.69) is 39.2 Å². The Bertz CT molecular complexity index is 1150. The predicted octanol–water partition coefficient (Wildman–Crippen LogP) is 1.33. The lowest BCUT2D eigenvalue weighted by Gasteiger charge is -2.67. The monoisotopic (exact) mass is 589 g/mol. The highest BCUT2D eigenvalue weighted by molar-refractivity contribution is 5.94. The van der Waals surface area contributed by atoms with Gasteiger partial charge in [-0.2, -0.15) is 0 Å². The number of likely N-dealkylation sites (N-methyl/N-ethyl adjacent to an activating group) is 1. The normalized spacial score (nSPS) is 33.5. The lowest BCUT2D eigenvalue weighted by atomic mass is 9.43. The van der Waals surface area contributed by atoms with Crippen LogP contribution >= 0.6 is 0 Å². The van der Waals surface area contributed by atoms with Crippen LogP contribution in [-0.4, -0.2) is 59.9 Å². The van der Waals surface area contributed by atoms with Gasteiger partial charge in [0, 0.05) is 37.9 Å². The number of halogens is 1. The van der Waals surface area contributed by atoms with Gasteiger partial charge in [-0.15, -0.1) is 0 Å². The molecule has 35 heavy (non-hydrogen) atoms. The summed E-state index contributed by atoms with van der Waals surface area (Å²) >= 11 is 0. The highest BCUT2D eigenvalue weighted by Crippen LogP contribution is 2.70. The van der Waals surface area contributed by atoms with Crippen LogP contribution < -0.4 is 28.7 Å². The molecule has 0 aromatic heterocycles. The number of hydrogen-bond acceptors (Lipinski definition) is 4. The highest BCUT2D eigenvalue weighted by atomic mass is 127. The van der Waals surface area contributed by atoms with Crippen LogP contribution in [0.5, 0.6) is 11.5 Å². The number of phenols is 1. The number of likely N-dealkylation sites (tertiary alicyclic amines) is 1. The number of quaternary nitrogens is 1. The third-order valence-electron chi connectivity index (χ3n) is 9.52. The molecule has 2 aliphatic heterocycles. The molecule has 1 N–H and O–H groups in total. The zero-order valence-electron chi connectivity index (χ0n) is 21.0. The van der Waals surface area contributed by atoms with Crippen molar-refractivity contribution >= 4 is 5.78 Å². The molecule has 2 fully saturated rings.